The molecule has 2 nitrogen and oxygen atoms in total. The molecule has 0 spiro atoms. The molecule has 9 aromatic rings. The fraction of sp³-hybridized carbons (Fsp3) is 0. The molecule has 0 unspecified atom stereocenters. The van der Waals surface area contributed by atoms with Crippen molar-refractivity contribution in [3.05, 3.63) is 176 Å². The Morgan fingerprint density at radius 1 is 0.348 bits per heavy atom. The van der Waals surface area contributed by atoms with Gasteiger partial charge in [-0.3, -0.25) is 0 Å². The average molecular weight is 588 g/mol. The molecule has 0 aliphatic rings. The minimum atomic E-state index is 0.875. The van der Waals surface area contributed by atoms with Gasteiger partial charge in [-0.05, 0) is 86.8 Å². The fourth-order valence-electron chi connectivity index (χ4n) is 6.73. The highest BCUT2D eigenvalue weighted by Crippen LogP contribution is 2.43. The first-order valence-electron chi connectivity index (χ1n) is 15.7. The van der Waals surface area contributed by atoms with E-state index in [0.29, 0.717) is 0 Å². The summed E-state index contributed by atoms with van der Waals surface area (Å²) >= 11 is 0. The number of anilines is 3. The van der Waals surface area contributed by atoms with Gasteiger partial charge >= 0.3 is 0 Å². The molecular formula is C44H29NO. The maximum Gasteiger partial charge on any atom is 0.137 e. The van der Waals surface area contributed by atoms with Crippen molar-refractivity contribution in [2.75, 3.05) is 4.90 Å². The number of fused-ring (bicyclic) bond motifs is 5. The van der Waals surface area contributed by atoms with E-state index < -0.39 is 0 Å². The van der Waals surface area contributed by atoms with Crippen LogP contribution in [0.15, 0.2) is 180 Å². The van der Waals surface area contributed by atoms with E-state index in [4.69, 9.17) is 4.42 Å². The Bertz CT molecular complexity index is 2540. The lowest BCUT2D eigenvalue weighted by molar-refractivity contribution is 0.669. The van der Waals surface area contributed by atoms with E-state index in [2.05, 4.69) is 169 Å². The second kappa shape index (κ2) is 10.8. The standard InChI is InChI=1S/C44H29NO/c1-2-11-32(12-3-1)39-14-6-8-16-42(39)45(38-24-25-41-40-15-7-9-17-43(40)46-44(41)29-38)37-23-22-31-19-21-35(27-36(31)28-37)34-20-18-30-10-4-5-13-33(30)26-34/h1-29H. The van der Waals surface area contributed by atoms with Crippen molar-refractivity contribution in [3.63, 3.8) is 0 Å². The number of furan rings is 1. The topological polar surface area (TPSA) is 16.4 Å². The third kappa shape index (κ3) is 4.51. The van der Waals surface area contributed by atoms with Crippen LogP contribution in [0.25, 0.3) is 65.7 Å². The van der Waals surface area contributed by atoms with Crippen LogP contribution in [-0.2, 0) is 0 Å². The fourth-order valence-corrected chi connectivity index (χ4v) is 6.73. The lowest BCUT2D eigenvalue weighted by Gasteiger charge is -2.28. The second-order valence-corrected chi connectivity index (χ2v) is 11.8. The summed E-state index contributed by atoms with van der Waals surface area (Å²) in [5.41, 5.74) is 9.77. The lowest BCUT2D eigenvalue weighted by Crippen LogP contribution is -2.11. The lowest BCUT2D eigenvalue weighted by atomic mass is 9.98. The third-order valence-corrected chi connectivity index (χ3v) is 9.02. The number of nitrogens with zero attached hydrogens (tertiary/aromatic N) is 1. The van der Waals surface area contributed by atoms with Crippen LogP contribution in [-0.4, -0.2) is 0 Å². The monoisotopic (exact) mass is 587 g/mol. The highest BCUT2D eigenvalue weighted by Gasteiger charge is 2.19. The summed E-state index contributed by atoms with van der Waals surface area (Å²) in [5, 5.41) is 7.15. The van der Waals surface area contributed by atoms with Gasteiger partial charge in [0.25, 0.3) is 0 Å². The van der Waals surface area contributed by atoms with Crippen molar-refractivity contribution in [1.82, 2.24) is 0 Å². The Labute approximate surface area is 267 Å². The van der Waals surface area contributed by atoms with Crippen LogP contribution in [0.3, 0.4) is 0 Å². The first-order valence-corrected chi connectivity index (χ1v) is 15.7. The summed E-state index contributed by atoms with van der Waals surface area (Å²) in [6.07, 6.45) is 0. The Hall–Kier alpha value is -6.12. The molecule has 0 N–H and O–H groups in total. The molecule has 1 aromatic heterocycles. The molecule has 1 heterocycles. The molecule has 8 aromatic carbocycles. The molecule has 9 rings (SSSR count). The van der Waals surface area contributed by atoms with Crippen molar-refractivity contribution in [3.8, 4) is 22.3 Å². The van der Waals surface area contributed by atoms with Crippen LogP contribution >= 0.6 is 0 Å². The molecule has 0 radical (unpaired) electrons. The van der Waals surface area contributed by atoms with Gasteiger partial charge in [-0.2, -0.15) is 0 Å². The molecule has 46 heavy (non-hydrogen) atoms. The normalized spacial score (nSPS) is 11.5. The molecule has 0 amide bonds. The number of rotatable bonds is 5. The van der Waals surface area contributed by atoms with Gasteiger partial charge in [-0.25, -0.2) is 0 Å². The molecule has 0 fully saturated rings. The number of benzene rings is 8. The van der Waals surface area contributed by atoms with Gasteiger partial charge < -0.3 is 9.32 Å². The molecule has 0 bridgehead atoms. The summed E-state index contributed by atoms with van der Waals surface area (Å²) < 4.78 is 6.37. The Morgan fingerprint density at radius 2 is 0.957 bits per heavy atom. The third-order valence-electron chi connectivity index (χ3n) is 9.02. The molecule has 0 aliphatic carbocycles. The number of para-hydroxylation sites is 2. The highest BCUT2D eigenvalue weighted by molar-refractivity contribution is 6.06. The predicted molar refractivity (Wildman–Crippen MR) is 194 cm³/mol. The van der Waals surface area contributed by atoms with E-state index >= 15 is 0 Å². The van der Waals surface area contributed by atoms with Gasteiger partial charge in [0.1, 0.15) is 11.2 Å². The van der Waals surface area contributed by atoms with Crippen molar-refractivity contribution in [1.29, 1.82) is 0 Å². The average Bonchev–Trinajstić information content (AvgIpc) is 3.50. The molecule has 0 saturated heterocycles. The summed E-state index contributed by atoms with van der Waals surface area (Å²) in [7, 11) is 0. The Kier molecular flexibility index (Phi) is 6.17. The zero-order valence-corrected chi connectivity index (χ0v) is 25.1. The molecule has 216 valence electrons. The van der Waals surface area contributed by atoms with E-state index in [0.717, 1.165) is 44.6 Å². The first-order chi connectivity index (χ1) is 22.8. The maximum absolute atomic E-state index is 6.37. The summed E-state index contributed by atoms with van der Waals surface area (Å²) in [6, 6.07) is 62.9. The van der Waals surface area contributed by atoms with Gasteiger partial charge in [0.15, 0.2) is 0 Å². The van der Waals surface area contributed by atoms with Crippen LogP contribution in [0, 0.1) is 0 Å². The SMILES string of the molecule is c1ccc(-c2ccccc2N(c2ccc3ccc(-c4ccc5ccccc5c4)cc3c2)c2ccc3c(c2)oc2ccccc23)cc1. The van der Waals surface area contributed by atoms with Crippen molar-refractivity contribution >= 4 is 60.5 Å². The predicted octanol–water partition coefficient (Wildman–Crippen LogP) is 12.7. The van der Waals surface area contributed by atoms with Crippen LogP contribution in [0.4, 0.5) is 17.1 Å². The van der Waals surface area contributed by atoms with Gasteiger partial charge in [0.2, 0.25) is 0 Å². The molecule has 0 saturated carbocycles. The summed E-state index contributed by atoms with van der Waals surface area (Å²) in [4.78, 5) is 2.36. The Balaban J connectivity index is 1.24. The summed E-state index contributed by atoms with van der Waals surface area (Å²) in [5.74, 6) is 0. The van der Waals surface area contributed by atoms with Crippen LogP contribution in [0.5, 0.6) is 0 Å². The zero-order valence-electron chi connectivity index (χ0n) is 25.1. The van der Waals surface area contributed by atoms with E-state index in [1.807, 2.05) is 12.1 Å². The van der Waals surface area contributed by atoms with E-state index in [1.54, 1.807) is 0 Å². The number of hydrogen-bond donors (Lipinski definition) is 0. The minimum absolute atomic E-state index is 0.875. The van der Waals surface area contributed by atoms with Crippen LogP contribution in [0.1, 0.15) is 0 Å². The highest BCUT2D eigenvalue weighted by atomic mass is 16.3. The molecule has 0 atom stereocenters. The van der Waals surface area contributed by atoms with Crippen molar-refractivity contribution in [2.45, 2.75) is 0 Å². The van der Waals surface area contributed by atoms with Gasteiger partial charge in [0.05, 0.1) is 5.69 Å². The smallest absolute Gasteiger partial charge is 0.137 e. The van der Waals surface area contributed by atoms with Crippen molar-refractivity contribution < 1.29 is 4.42 Å². The molecule has 2 heteroatoms. The summed E-state index contributed by atoms with van der Waals surface area (Å²) in [6.45, 7) is 0. The maximum atomic E-state index is 6.37. The second-order valence-electron chi connectivity index (χ2n) is 11.8. The molecule has 0 aliphatic heterocycles. The minimum Gasteiger partial charge on any atom is -0.456 e. The largest absolute Gasteiger partial charge is 0.456 e. The first kappa shape index (κ1) is 26.3. The van der Waals surface area contributed by atoms with Crippen molar-refractivity contribution in [2.24, 2.45) is 0 Å². The van der Waals surface area contributed by atoms with E-state index in [9.17, 15) is 0 Å². The quantitative estimate of drug-likeness (QED) is 0.199. The van der Waals surface area contributed by atoms with Crippen LogP contribution < -0.4 is 4.90 Å². The number of hydrogen-bond acceptors (Lipinski definition) is 2. The van der Waals surface area contributed by atoms with Gasteiger partial charge in [-0.1, -0.05) is 121 Å². The van der Waals surface area contributed by atoms with E-state index in [1.165, 1.54) is 38.2 Å². The van der Waals surface area contributed by atoms with E-state index in [-0.39, 0.29) is 0 Å². The molecular weight excluding hydrogens is 558 g/mol. The van der Waals surface area contributed by atoms with Gasteiger partial charge in [-0.15, -0.1) is 0 Å². The van der Waals surface area contributed by atoms with Crippen LogP contribution in [0.2, 0.25) is 0 Å². The van der Waals surface area contributed by atoms with Gasteiger partial charge in [0, 0.05) is 33.8 Å². The Morgan fingerprint density at radius 3 is 1.83 bits per heavy atom. The zero-order chi connectivity index (χ0) is 30.5.